The Morgan fingerprint density at radius 1 is 1.34 bits per heavy atom. The second kappa shape index (κ2) is 8.96. The minimum atomic E-state index is -4.53. The van der Waals surface area contributed by atoms with Gasteiger partial charge >= 0.3 is 6.18 Å². The molecular weight excluding hydrogens is 414 g/mol. The number of hydrogen-bond acceptors (Lipinski definition) is 4. The van der Waals surface area contributed by atoms with Crippen molar-refractivity contribution in [2.24, 2.45) is 0 Å². The van der Waals surface area contributed by atoms with E-state index in [0.717, 1.165) is 6.07 Å². The van der Waals surface area contributed by atoms with Crippen molar-refractivity contribution in [3.05, 3.63) is 58.5 Å². The lowest BCUT2D eigenvalue weighted by Crippen LogP contribution is -2.42. The zero-order chi connectivity index (χ0) is 21.0. The molecule has 0 aliphatic carbocycles. The van der Waals surface area contributed by atoms with E-state index >= 15 is 0 Å². The molecule has 1 saturated heterocycles. The monoisotopic (exact) mass is 431 g/mol. The summed E-state index contributed by atoms with van der Waals surface area (Å²) in [6, 6.07) is 7.02. The number of pyridine rings is 1. The zero-order valence-electron chi connectivity index (χ0n) is 15.2. The normalized spacial score (nSPS) is 17.3. The van der Waals surface area contributed by atoms with E-state index in [0.29, 0.717) is 18.3 Å². The van der Waals surface area contributed by atoms with Gasteiger partial charge in [-0.2, -0.15) is 13.2 Å². The number of anilines is 1. The van der Waals surface area contributed by atoms with Crippen molar-refractivity contribution in [2.45, 2.75) is 18.7 Å². The van der Waals surface area contributed by atoms with Gasteiger partial charge in [-0.15, -0.1) is 0 Å². The Bertz CT molecular complexity index is 879. The molecule has 10 heteroatoms. The molecule has 0 spiro atoms. The van der Waals surface area contributed by atoms with Crippen molar-refractivity contribution < 1.29 is 27.1 Å². The van der Waals surface area contributed by atoms with Crippen LogP contribution >= 0.6 is 11.6 Å². The van der Waals surface area contributed by atoms with Gasteiger partial charge in [0.2, 0.25) is 5.91 Å². The molecule has 1 aliphatic heterocycles. The third-order valence-electron chi connectivity index (χ3n) is 4.47. The maximum atomic E-state index is 13.9. The number of carbonyl (C=O) groups excluding carboxylic acids is 1. The first-order valence-corrected chi connectivity index (χ1v) is 9.24. The standard InChI is InChI=1S/C19H18ClF4N3O2/c20-14-9-12(19(22,23)24)10-26-18(14)25-6-5-17(28)27-7-8-29-16(11-27)13-3-1-2-4-15(13)21/h1-4,9-10,16H,5-8,11H2,(H,25,26). The number of aromatic nitrogens is 1. The van der Waals surface area contributed by atoms with Gasteiger partial charge in [-0.25, -0.2) is 9.37 Å². The summed E-state index contributed by atoms with van der Waals surface area (Å²) < 4.78 is 57.5. The molecule has 5 nitrogen and oxygen atoms in total. The van der Waals surface area contributed by atoms with E-state index in [9.17, 15) is 22.4 Å². The first-order chi connectivity index (χ1) is 13.8. The number of nitrogens with zero attached hydrogens (tertiary/aromatic N) is 2. The Kier molecular flexibility index (Phi) is 6.59. The van der Waals surface area contributed by atoms with Gasteiger partial charge in [0.15, 0.2) is 0 Å². The van der Waals surface area contributed by atoms with Crippen LogP contribution in [-0.2, 0) is 15.7 Å². The number of amides is 1. The lowest BCUT2D eigenvalue weighted by atomic mass is 10.1. The largest absolute Gasteiger partial charge is 0.417 e. The zero-order valence-corrected chi connectivity index (χ0v) is 15.9. The Labute approximate surface area is 169 Å². The topological polar surface area (TPSA) is 54.5 Å². The van der Waals surface area contributed by atoms with Gasteiger partial charge in [0.05, 0.1) is 23.7 Å². The van der Waals surface area contributed by atoms with Gasteiger partial charge in [-0.05, 0) is 12.1 Å². The summed E-state index contributed by atoms with van der Waals surface area (Å²) in [5.74, 6) is -0.514. The maximum absolute atomic E-state index is 13.9. The Morgan fingerprint density at radius 2 is 2.10 bits per heavy atom. The molecule has 0 saturated carbocycles. The van der Waals surface area contributed by atoms with E-state index < -0.39 is 23.7 Å². The minimum absolute atomic E-state index is 0.0682. The van der Waals surface area contributed by atoms with Crippen molar-refractivity contribution >= 4 is 23.3 Å². The number of halogens is 5. The minimum Gasteiger partial charge on any atom is -0.370 e. The summed E-state index contributed by atoms with van der Waals surface area (Å²) in [6.45, 7) is 1.02. The molecule has 1 unspecified atom stereocenters. The van der Waals surface area contributed by atoms with E-state index in [4.69, 9.17) is 16.3 Å². The molecule has 1 fully saturated rings. The molecule has 2 aromatic rings. The van der Waals surface area contributed by atoms with Crippen LogP contribution in [-0.4, -0.2) is 42.0 Å². The van der Waals surface area contributed by atoms with Crippen LogP contribution in [0, 0.1) is 5.82 Å². The quantitative estimate of drug-likeness (QED) is 0.717. The summed E-state index contributed by atoms with van der Waals surface area (Å²) in [5.41, 5.74) is -0.555. The third-order valence-corrected chi connectivity index (χ3v) is 4.76. The molecule has 0 bridgehead atoms. The van der Waals surface area contributed by atoms with E-state index in [1.807, 2.05) is 0 Å². The average molecular weight is 432 g/mol. The van der Waals surface area contributed by atoms with Crippen LogP contribution in [0.25, 0.3) is 0 Å². The average Bonchev–Trinajstić information content (AvgIpc) is 2.68. The molecule has 29 heavy (non-hydrogen) atoms. The highest BCUT2D eigenvalue weighted by atomic mass is 35.5. The van der Waals surface area contributed by atoms with Crippen LogP contribution in [0.15, 0.2) is 36.5 Å². The predicted octanol–water partition coefficient (Wildman–Crippen LogP) is 4.30. The molecular formula is C19H18ClF4N3O2. The van der Waals surface area contributed by atoms with E-state index in [1.165, 1.54) is 6.07 Å². The molecule has 156 valence electrons. The molecule has 1 aromatic heterocycles. The van der Waals surface area contributed by atoms with Gasteiger partial charge in [-0.1, -0.05) is 29.8 Å². The number of ether oxygens (including phenoxy) is 1. The summed E-state index contributed by atoms with van der Waals surface area (Å²) in [6.07, 6.45) is -4.33. The van der Waals surface area contributed by atoms with Crippen molar-refractivity contribution in [3.63, 3.8) is 0 Å². The number of benzene rings is 1. The number of morpholine rings is 1. The number of nitrogens with one attached hydrogen (secondary N) is 1. The fraction of sp³-hybridized carbons (Fsp3) is 0.368. The Balaban J connectivity index is 1.54. The summed E-state index contributed by atoms with van der Waals surface area (Å²) in [4.78, 5) is 17.7. The highest BCUT2D eigenvalue weighted by Gasteiger charge is 2.31. The van der Waals surface area contributed by atoms with Crippen LogP contribution in [0.3, 0.4) is 0 Å². The van der Waals surface area contributed by atoms with Crippen LogP contribution < -0.4 is 5.32 Å². The van der Waals surface area contributed by atoms with E-state index in [1.54, 1.807) is 23.1 Å². The van der Waals surface area contributed by atoms with Gasteiger partial charge in [-0.3, -0.25) is 4.79 Å². The van der Waals surface area contributed by atoms with E-state index in [2.05, 4.69) is 10.3 Å². The fourth-order valence-corrected chi connectivity index (χ4v) is 3.20. The third kappa shape index (κ3) is 5.36. The van der Waals surface area contributed by atoms with Gasteiger partial charge < -0.3 is 15.0 Å². The molecule has 0 radical (unpaired) electrons. The Hall–Kier alpha value is -2.39. The molecule has 1 N–H and O–H groups in total. The summed E-state index contributed by atoms with van der Waals surface area (Å²) in [7, 11) is 0. The lowest BCUT2D eigenvalue weighted by Gasteiger charge is -2.33. The fourth-order valence-electron chi connectivity index (χ4n) is 2.97. The van der Waals surface area contributed by atoms with Crippen LogP contribution in [0.1, 0.15) is 23.7 Å². The molecule has 1 atom stereocenters. The van der Waals surface area contributed by atoms with Crippen molar-refractivity contribution in [3.8, 4) is 0 Å². The predicted molar refractivity (Wildman–Crippen MR) is 99.0 cm³/mol. The lowest BCUT2D eigenvalue weighted by molar-refractivity contribution is -0.139. The smallest absolute Gasteiger partial charge is 0.370 e. The molecule has 1 aromatic carbocycles. The first kappa shape index (κ1) is 21.3. The van der Waals surface area contributed by atoms with Crippen LogP contribution in [0.2, 0.25) is 5.02 Å². The first-order valence-electron chi connectivity index (χ1n) is 8.86. The number of carbonyl (C=O) groups is 1. The van der Waals surface area contributed by atoms with Crippen LogP contribution in [0.5, 0.6) is 0 Å². The van der Waals surface area contributed by atoms with E-state index in [-0.39, 0.29) is 42.9 Å². The Morgan fingerprint density at radius 3 is 2.79 bits per heavy atom. The number of rotatable bonds is 5. The molecule has 2 heterocycles. The SMILES string of the molecule is O=C(CCNc1ncc(C(F)(F)F)cc1Cl)N1CCOC(c2ccccc2F)C1. The van der Waals surface area contributed by atoms with Crippen LogP contribution in [0.4, 0.5) is 23.4 Å². The number of hydrogen-bond donors (Lipinski definition) is 1. The molecule has 3 rings (SSSR count). The second-order valence-electron chi connectivity index (χ2n) is 6.45. The van der Waals surface area contributed by atoms with Crippen molar-refractivity contribution in [1.29, 1.82) is 0 Å². The highest BCUT2D eigenvalue weighted by molar-refractivity contribution is 6.32. The van der Waals surface area contributed by atoms with Gasteiger partial charge in [0, 0.05) is 31.3 Å². The molecule has 1 aliphatic rings. The maximum Gasteiger partial charge on any atom is 0.417 e. The molecule has 1 amide bonds. The summed E-state index contributed by atoms with van der Waals surface area (Å²) >= 11 is 5.83. The second-order valence-corrected chi connectivity index (χ2v) is 6.86. The highest BCUT2D eigenvalue weighted by Crippen LogP contribution is 2.32. The number of alkyl halides is 3. The van der Waals surface area contributed by atoms with Gasteiger partial charge in [0.1, 0.15) is 17.7 Å². The summed E-state index contributed by atoms with van der Waals surface area (Å²) in [5, 5.41) is 2.58. The van der Waals surface area contributed by atoms with Gasteiger partial charge in [0.25, 0.3) is 0 Å². The van der Waals surface area contributed by atoms with Crippen molar-refractivity contribution in [1.82, 2.24) is 9.88 Å². The van der Waals surface area contributed by atoms with Crippen molar-refractivity contribution in [2.75, 3.05) is 31.6 Å².